The molecule has 170 valence electrons. The summed E-state index contributed by atoms with van der Waals surface area (Å²) in [7, 11) is 2.06. The molecule has 0 spiro atoms. The number of nitrogens with zero attached hydrogens (tertiary/aromatic N) is 3. The SMILES string of the molecule is C=Nc1cc(N(CC)CCO)ccc1N(C)CC(C)(C)CC(C)(C)CC(=O)OCC. The number of benzene rings is 1. The van der Waals surface area contributed by atoms with Gasteiger partial charge in [-0.15, -0.1) is 0 Å². The van der Waals surface area contributed by atoms with Crippen molar-refractivity contribution >= 4 is 29.7 Å². The number of aliphatic imine (C=N–C) groups is 1. The molecule has 0 atom stereocenters. The Bertz CT molecular complexity index is 701. The van der Waals surface area contributed by atoms with Crippen LogP contribution >= 0.6 is 0 Å². The lowest BCUT2D eigenvalue weighted by Gasteiger charge is -2.38. The number of aliphatic hydroxyl groups excluding tert-OH is 1. The van der Waals surface area contributed by atoms with Crippen LogP contribution in [-0.4, -0.2) is 57.7 Å². The van der Waals surface area contributed by atoms with Gasteiger partial charge in [0.05, 0.1) is 31.0 Å². The Morgan fingerprint density at radius 3 is 2.40 bits per heavy atom. The Balaban J connectivity index is 2.95. The Morgan fingerprint density at radius 2 is 1.87 bits per heavy atom. The Hall–Kier alpha value is -2.08. The number of carbonyl (C=O) groups is 1. The van der Waals surface area contributed by atoms with E-state index in [1.54, 1.807) is 0 Å². The molecule has 0 radical (unpaired) electrons. The van der Waals surface area contributed by atoms with Crippen LogP contribution in [0.5, 0.6) is 0 Å². The summed E-state index contributed by atoms with van der Waals surface area (Å²) < 4.78 is 5.14. The number of likely N-dealkylation sites (N-methyl/N-ethyl adjacent to an activating group) is 1. The van der Waals surface area contributed by atoms with Crippen LogP contribution in [0.4, 0.5) is 17.1 Å². The molecular weight excluding hydrogens is 378 g/mol. The Labute approximate surface area is 182 Å². The maximum absolute atomic E-state index is 12.0. The summed E-state index contributed by atoms with van der Waals surface area (Å²) in [6, 6.07) is 6.16. The monoisotopic (exact) mass is 419 g/mol. The number of carbonyl (C=O) groups excluding carboxylic acids is 1. The summed E-state index contributed by atoms with van der Waals surface area (Å²) >= 11 is 0. The van der Waals surface area contributed by atoms with Crippen molar-refractivity contribution in [1.29, 1.82) is 0 Å². The van der Waals surface area contributed by atoms with Gasteiger partial charge in [-0.25, -0.2) is 0 Å². The van der Waals surface area contributed by atoms with Crippen LogP contribution in [0.1, 0.15) is 54.4 Å². The van der Waals surface area contributed by atoms with Crippen molar-refractivity contribution in [3.05, 3.63) is 18.2 Å². The van der Waals surface area contributed by atoms with Gasteiger partial charge in [-0.3, -0.25) is 9.79 Å². The zero-order valence-corrected chi connectivity index (χ0v) is 20.0. The number of aliphatic hydroxyl groups is 1. The van der Waals surface area contributed by atoms with E-state index in [0.717, 1.165) is 36.6 Å². The van der Waals surface area contributed by atoms with Crippen molar-refractivity contribution in [2.45, 2.75) is 54.4 Å². The van der Waals surface area contributed by atoms with Gasteiger partial charge in [0.15, 0.2) is 0 Å². The molecule has 0 unspecified atom stereocenters. The Morgan fingerprint density at radius 1 is 1.20 bits per heavy atom. The molecular formula is C24H41N3O3. The molecule has 6 nitrogen and oxygen atoms in total. The van der Waals surface area contributed by atoms with Crippen LogP contribution < -0.4 is 9.80 Å². The largest absolute Gasteiger partial charge is 0.466 e. The van der Waals surface area contributed by atoms with Gasteiger partial charge in [0.2, 0.25) is 0 Å². The fourth-order valence-electron chi connectivity index (χ4n) is 4.49. The molecule has 0 amide bonds. The second-order valence-electron chi connectivity index (χ2n) is 9.48. The van der Waals surface area contributed by atoms with E-state index in [2.05, 4.69) is 75.3 Å². The van der Waals surface area contributed by atoms with Gasteiger partial charge < -0.3 is 19.6 Å². The van der Waals surface area contributed by atoms with Gasteiger partial charge in [-0.2, -0.15) is 0 Å². The summed E-state index contributed by atoms with van der Waals surface area (Å²) in [4.78, 5) is 20.5. The lowest BCUT2D eigenvalue weighted by Crippen LogP contribution is -2.36. The van der Waals surface area contributed by atoms with Crippen molar-refractivity contribution in [2.24, 2.45) is 15.8 Å². The van der Waals surface area contributed by atoms with E-state index in [4.69, 9.17) is 4.74 Å². The highest BCUT2D eigenvalue weighted by Gasteiger charge is 2.32. The van der Waals surface area contributed by atoms with Gasteiger partial charge >= 0.3 is 5.97 Å². The van der Waals surface area contributed by atoms with Crippen molar-refractivity contribution in [3.8, 4) is 0 Å². The summed E-state index contributed by atoms with van der Waals surface area (Å²) in [6.07, 6.45) is 1.30. The lowest BCUT2D eigenvalue weighted by molar-refractivity contribution is -0.145. The second kappa shape index (κ2) is 11.3. The third-order valence-corrected chi connectivity index (χ3v) is 5.21. The van der Waals surface area contributed by atoms with Crippen LogP contribution in [-0.2, 0) is 9.53 Å². The highest BCUT2D eigenvalue weighted by molar-refractivity contribution is 5.74. The fourth-order valence-corrected chi connectivity index (χ4v) is 4.49. The number of hydrogen-bond donors (Lipinski definition) is 1. The van der Waals surface area contributed by atoms with E-state index in [1.807, 2.05) is 13.0 Å². The number of anilines is 2. The predicted octanol–water partition coefficient (Wildman–Crippen LogP) is 4.67. The molecule has 0 aliphatic heterocycles. The molecule has 0 fully saturated rings. The average Bonchev–Trinajstić information content (AvgIpc) is 2.63. The van der Waals surface area contributed by atoms with Crippen LogP contribution in [0.2, 0.25) is 0 Å². The molecule has 1 aromatic rings. The zero-order chi connectivity index (χ0) is 22.9. The third kappa shape index (κ3) is 7.98. The quantitative estimate of drug-likeness (QED) is 0.372. The fraction of sp³-hybridized carbons (Fsp3) is 0.667. The molecule has 1 N–H and O–H groups in total. The molecule has 0 saturated carbocycles. The van der Waals surface area contributed by atoms with Gasteiger partial charge in [0, 0.05) is 32.4 Å². The summed E-state index contributed by atoms with van der Waals surface area (Å²) in [5, 5.41) is 9.29. The maximum atomic E-state index is 12.0. The molecule has 0 aliphatic rings. The smallest absolute Gasteiger partial charge is 0.306 e. The zero-order valence-electron chi connectivity index (χ0n) is 20.0. The third-order valence-electron chi connectivity index (χ3n) is 5.21. The molecule has 0 aliphatic carbocycles. The molecule has 0 heterocycles. The van der Waals surface area contributed by atoms with Crippen molar-refractivity contribution in [1.82, 2.24) is 0 Å². The summed E-state index contributed by atoms with van der Waals surface area (Å²) in [5.41, 5.74) is 2.71. The second-order valence-corrected chi connectivity index (χ2v) is 9.48. The van der Waals surface area contributed by atoms with Crippen molar-refractivity contribution in [2.75, 3.05) is 49.7 Å². The molecule has 6 heteroatoms. The van der Waals surface area contributed by atoms with Gasteiger partial charge in [0.25, 0.3) is 0 Å². The minimum absolute atomic E-state index is 0.0196. The molecule has 1 rings (SSSR count). The van der Waals surface area contributed by atoms with Gasteiger partial charge in [-0.1, -0.05) is 27.7 Å². The molecule has 30 heavy (non-hydrogen) atoms. The van der Waals surface area contributed by atoms with E-state index < -0.39 is 0 Å². The van der Waals surface area contributed by atoms with Crippen LogP contribution in [0.3, 0.4) is 0 Å². The van der Waals surface area contributed by atoms with Crippen molar-refractivity contribution in [3.63, 3.8) is 0 Å². The minimum atomic E-state index is -0.147. The topological polar surface area (TPSA) is 65.4 Å². The average molecular weight is 420 g/mol. The van der Waals surface area contributed by atoms with Crippen LogP contribution in [0.25, 0.3) is 0 Å². The standard InChI is InChI=1S/C24H41N3O3/c1-9-27(13-14-28)19-11-12-21(20(15-19)25-7)26(8)18-24(5,6)17-23(3,4)16-22(29)30-10-2/h11-12,15,28H,7,9-10,13-14,16-18H2,1-6,8H3. The van der Waals surface area contributed by atoms with Gasteiger partial charge in [0.1, 0.15) is 0 Å². The van der Waals surface area contributed by atoms with Crippen LogP contribution in [0, 0.1) is 10.8 Å². The van der Waals surface area contributed by atoms with Crippen molar-refractivity contribution < 1.29 is 14.6 Å². The van der Waals surface area contributed by atoms with E-state index in [0.29, 0.717) is 19.6 Å². The first-order chi connectivity index (χ1) is 14.0. The number of ether oxygens (including phenoxy) is 1. The Kier molecular flexibility index (Phi) is 9.82. The lowest BCUT2D eigenvalue weighted by atomic mass is 9.73. The molecule has 0 aromatic heterocycles. The summed E-state index contributed by atoms with van der Waals surface area (Å²) in [6.45, 7) is 19.1. The summed E-state index contributed by atoms with van der Waals surface area (Å²) in [5.74, 6) is -0.135. The molecule has 0 bridgehead atoms. The first kappa shape index (κ1) is 26.0. The highest BCUT2D eigenvalue weighted by atomic mass is 16.5. The molecule has 1 aromatic carbocycles. The van der Waals surface area contributed by atoms with E-state index in [9.17, 15) is 9.90 Å². The van der Waals surface area contributed by atoms with E-state index in [-0.39, 0.29) is 23.4 Å². The van der Waals surface area contributed by atoms with Crippen LogP contribution in [0.15, 0.2) is 23.2 Å². The first-order valence-electron chi connectivity index (χ1n) is 10.8. The van der Waals surface area contributed by atoms with Gasteiger partial charge in [-0.05, 0) is 56.0 Å². The van der Waals surface area contributed by atoms with E-state index >= 15 is 0 Å². The predicted molar refractivity (Wildman–Crippen MR) is 127 cm³/mol. The highest BCUT2D eigenvalue weighted by Crippen LogP contribution is 2.39. The molecule has 0 saturated heterocycles. The number of hydrogen-bond acceptors (Lipinski definition) is 6. The maximum Gasteiger partial charge on any atom is 0.306 e. The normalized spacial score (nSPS) is 11.9. The number of rotatable bonds is 13. The minimum Gasteiger partial charge on any atom is -0.466 e. The van der Waals surface area contributed by atoms with E-state index in [1.165, 1.54) is 0 Å². The number of esters is 1. The first-order valence-corrected chi connectivity index (χ1v) is 10.8.